The van der Waals surface area contributed by atoms with Gasteiger partial charge in [-0.3, -0.25) is 9.59 Å². The maximum Gasteiger partial charge on any atom is 0.254 e. The Balaban J connectivity index is 1.32. The summed E-state index contributed by atoms with van der Waals surface area (Å²) in [6.45, 7) is 0.328. The van der Waals surface area contributed by atoms with Crippen molar-refractivity contribution in [2.45, 2.75) is 18.3 Å². The van der Waals surface area contributed by atoms with E-state index in [-0.39, 0.29) is 23.7 Å². The predicted molar refractivity (Wildman–Crippen MR) is 111 cm³/mol. The Morgan fingerprint density at radius 2 is 2.13 bits per heavy atom. The Labute approximate surface area is 180 Å². The van der Waals surface area contributed by atoms with Gasteiger partial charge in [-0.05, 0) is 42.7 Å². The molecule has 7 nitrogen and oxygen atoms in total. The van der Waals surface area contributed by atoms with Crippen LogP contribution in [0, 0.1) is 5.82 Å². The molecule has 3 aromatic rings. The third-order valence-corrected chi connectivity index (χ3v) is 6.10. The predicted octanol–water partition coefficient (Wildman–Crippen LogP) is 3.30. The lowest BCUT2D eigenvalue weighted by Crippen LogP contribution is -2.46. The number of hydrogen-bond donors (Lipinski definition) is 1. The highest BCUT2D eigenvalue weighted by Crippen LogP contribution is 2.52. The quantitative estimate of drug-likeness (QED) is 0.635. The number of aromatic nitrogens is 3. The second kappa shape index (κ2) is 7.02. The van der Waals surface area contributed by atoms with E-state index in [1.54, 1.807) is 24.5 Å². The summed E-state index contributed by atoms with van der Waals surface area (Å²) in [6, 6.07) is 8.58. The topological polar surface area (TPSA) is 80.1 Å². The molecule has 3 heterocycles. The van der Waals surface area contributed by atoms with E-state index in [0.29, 0.717) is 17.8 Å². The molecule has 2 aromatic heterocycles. The maximum absolute atomic E-state index is 14.4. The molecule has 1 fully saturated rings. The highest BCUT2D eigenvalue weighted by atomic mass is 79.9. The number of nitrogens with zero attached hydrogens (tertiary/aromatic N) is 4. The van der Waals surface area contributed by atoms with Crippen LogP contribution in [0.3, 0.4) is 0 Å². The molecule has 1 spiro atoms. The zero-order chi connectivity index (χ0) is 20.9. The second-order valence-corrected chi connectivity index (χ2v) is 8.57. The number of nitrogens with one attached hydrogen (secondary N) is 1. The summed E-state index contributed by atoms with van der Waals surface area (Å²) in [6.07, 6.45) is 6.62. The van der Waals surface area contributed by atoms with Crippen LogP contribution in [-0.2, 0) is 10.2 Å². The number of carbonyl (C=O) groups excluding carboxylic acids is 2. The number of pyridine rings is 1. The third-order valence-electron chi connectivity index (χ3n) is 5.61. The van der Waals surface area contributed by atoms with Crippen LogP contribution in [0.15, 0.2) is 53.4 Å². The molecule has 0 unspecified atom stereocenters. The fourth-order valence-corrected chi connectivity index (χ4v) is 4.31. The van der Waals surface area contributed by atoms with Crippen LogP contribution in [0.4, 0.5) is 10.2 Å². The van der Waals surface area contributed by atoms with Gasteiger partial charge in [-0.2, -0.15) is 5.10 Å². The first-order chi connectivity index (χ1) is 14.4. The van der Waals surface area contributed by atoms with Gasteiger partial charge < -0.3 is 10.2 Å². The van der Waals surface area contributed by atoms with Gasteiger partial charge >= 0.3 is 0 Å². The summed E-state index contributed by atoms with van der Waals surface area (Å²) in [5.41, 5.74) is 2.03. The van der Waals surface area contributed by atoms with Crippen molar-refractivity contribution in [1.82, 2.24) is 19.7 Å². The molecular formula is C21H17BrFN5O2. The van der Waals surface area contributed by atoms with Crippen LogP contribution >= 0.6 is 15.9 Å². The van der Waals surface area contributed by atoms with Gasteiger partial charge in [0.15, 0.2) is 11.6 Å². The fourth-order valence-electron chi connectivity index (χ4n) is 3.95. The van der Waals surface area contributed by atoms with E-state index >= 15 is 0 Å². The zero-order valence-corrected chi connectivity index (χ0v) is 17.4. The zero-order valence-electron chi connectivity index (χ0n) is 15.8. The van der Waals surface area contributed by atoms with Crippen molar-refractivity contribution in [3.63, 3.8) is 0 Å². The van der Waals surface area contributed by atoms with E-state index in [1.165, 1.54) is 21.8 Å². The van der Waals surface area contributed by atoms with Crippen molar-refractivity contribution in [2.75, 3.05) is 18.4 Å². The molecule has 5 rings (SSSR count). The molecule has 2 amide bonds. The van der Waals surface area contributed by atoms with Gasteiger partial charge in [0.25, 0.3) is 5.91 Å². The molecule has 9 heteroatoms. The van der Waals surface area contributed by atoms with Crippen molar-refractivity contribution in [3.8, 4) is 5.69 Å². The van der Waals surface area contributed by atoms with Crippen LogP contribution in [0.1, 0.15) is 28.8 Å². The largest absolute Gasteiger partial charge is 0.328 e. The monoisotopic (exact) mass is 469 g/mol. The molecule has 1 aliphatic heterocycles. The summed E-state index contributed by atoms with van der Waals surface area (Å²) in [5, 5.41) is 6.50. The molecule has 1 aromatic carbocycles. The fraction of sp³-hybridized carbons (Fsp3) is 0.238. The normalized spacial score (nSPS) is 16.5. The standard InChI is InChI=1S/C21H17BrFN5O2/c22-13-2-3-15-16(8-13)21(4-5-21)12-27(20(15)30)11-18(29)26-19-17(23)9-14(10-24-19)28-7-1-6-25-28/h1-3,6-10H,4-5,11-12H2,(H,24,26,29). The smallest absolute Gasteiger partial charge is 0.254 e. The number of amides is 2. The van der Waals surface area contributed by atoms with Crippen LogP contribution in [0.25, 0.3) is 5.69 Å². The lowest BCUT2D eigenvalue weighted by molar-refractivity contribution is -0.117. The van der Waals surface area contributed by atoms with Gasteiger partial charge in [-0.1, -0.05) is 15.9 Å². The van der Waals surface area contributed by atoms with Crippen LogP contribution < -0.4 is 5.32 Å². The minimum Gasteiger partial charge on any atom is -0.328 e. The second-order valence-electron chi connectivity index (χ2n) is 7.65. The van der Waals surface area contributed by atoms with Gasteiger partial charge in [0.05, 0.1) is 11.9 Å². The molecule has 0 bridgehead atoms. The van der Waals surface area contributed by atoms with Gasteiger partial charge in [0, 0.05) is 40.5 Å². The number of halogens is 2. The maximum atomic E-state index is 14.4. The van der Waals surface area contributed by atoms with Crippen molar-refractivity contribution in [2.24, 2.45) is 0 Å². The minimum absolute atomic E-state index is 0.0811. The highest BCUT2D eigenvalue weighted by molar-refractivity contribution is 9.10. The number of hydrogen-bond acceptors (Lipinski definition) is 4. The first-order valence-corrected chi connectivity index (χ1v) is 10.3. The number of benzene rings is 1. The van der Waals surface area contributed by atoms with Gasteiger partial charge in [-0.15, -0.1) is 0 Å². The van der Waals surface area contributed by atoms with Crippen molar-refractivity contribution < 1.29 is 14.0 Å². The summed E-state index contributed by atoms with van der Waals surface area (Å²) in [4.78, 5) is 31.0. The Morgan fingerprint density at radius 3 is 2.83 bits per heavy atom. The molecule has 1 aliphatic carbocycles. The Morgan fingerprint density at radius 1 is 1.30 bits per heavy atom. The molecule has 0 saturated heterocycles. The van der Waals surface area contributed by atoms with Crippen molar-refractivity contribution in [3.05, 3.63) is 70.3 Å². The third kappa shape index (κ3) is 3.28. The number of fused-ring (bicyclic) bond motifs is 2. The van der Waals surface area contributed by atoms with Crippen LogP contribution in [0.2, 0.25) is 0 Å². The average Bonchev–Trinajstić information content (AvgIpc) is 3.27. The molecule has 0 radical (unpaired) electrons. The van der Waals surface area contributed by atoms with E-state index < -0.39 is 11.7 Å². The molecule has 1 N–H and O–H groups in total. The number of rotatable bonds is 4. The first kappa shape index (κ1) is 18.9. The Bertz CT molecular complexity index is 1160. The van der Waals surface area contributed by atoms with E-state index in [0.717, 1.165) is 22.9 Å². The molecular weight excluding hydrogens is 453 g/mol. The Kier molecular flexibility index (Phi) is 4.43. The van der Waals surface area contributed by atoms with E-state index in [1.807, 2.05) is 12.1 Å². The lowest BCUT2D eigenvalue weighted by atomic mass is 9.86. The van der Waals surface area contributed by atoms with Gasteiger partial charge in [-0.25, -0.2) is 14.1 Å². The summed E-state index contributed by atoms with van der Waals surface area (Å²) in [7, 11) is 0. The first-order valence-electron chi connectivity index (χ1n) is 9.50. The highest BCUT2D eigenvalue weighted by Gasteiger charge is 2.51. The molecule has 0 atom stereocenters. The van der Waals surface area contributed by atoms with E-state index in [9.17, 15) is 14.0 Å². The van der Waals surface area contributed by atoms with E-state index in [2.05, 4.69) is 31.3 Å². The molecule has 2 aliphatic rings. The summed E-state index contributed by atoms with van der Waals surface area (Å²) >= 11 is 3.47. The van der Waals surface area contributed by atoms with Crippen molar-refractivity contribution >= 4 is 33.6 Å². The number of anilines is 1. The van der Waals surface area contributed by atoms with Crippen LogP contribution in [-0.4, -0.2) is 44.6 Å². The minimum atomic E-state index is -0.671. The molecule has 1 saturated carbocycles. The molecule has 152 valence electrons. The Hall–Kier alpha value is -3.07. The van der Waals surface area contributed by atoms with Gasteiger partial charge in [0.2, 0.25) is 5.91 Å². The van der Waals surface area contributed by atoms with E-state index in [4.69, 9.17) is 0 Å². The average molecular weight is 470 g/mol. The summed E-state index contributed by atoms with van der Waals surface area (Å²) < 4.78 is 16.8. The van der Waals surface area contributed by atoms with Crippen molar-refractivity contribution in [1.29, 1.82) is 0 Å². The van der Waals surface area contributed by atoms with Crippen LogP contribution in [0.5, 0.6) is 0 Å². The van der Waals surface area contributed by atoms with Gasteiger partial charge in [0.1, 0.15) is 6.54 Å². The SMILES string of the molecule is O=C(CN1CC2(CC2)c2cc(Br)ccc2C1=O)Nc1ncc(-n2cccn2)cc1F. The lowest BCUT2D eigenvalue weighted by Gasteiger charge is -2.34. The summed E-state index contributed by atoms with van der Waals surface area (Å²) in [5.74, 6) is -1.52. The molecule has 30 heavy (non-hydrogen) atoms. The number of carbonyl (C=O) groups is 2.